The number of hydrogen-bond acceptors (Lipinski definition) is 4. The van der Waals surface area contributed by atoms with Crippen molar-refractivity contribution in [1.29, 1.82) is 5.26 Å². The molecule has 72 valence electrons. The molecular weight excluding hydrogens is 182 g/mol. The van der Waals surface area contributed by atoms with Crippen LogP contribution in [0.1, 0.15) is 21.5 Å². The molecule has 0 bridgehead atoms. The largest absolute Gasteiger partial charge is 0.465 e. The lowest BCUT2D eigenvalue weighted by atomic mass is 10.0. The van der Waals surface area contributed by atoms with Gasteiger partial charge in [0.1, 0.15) is 6.07 Å². The molecule has 0 fully saturated rings. The zero-order chi connectivity index (χ0) is 10.6. The minimum absolute atomic E-state index is 0.168. The van der Waals surface area contributed by atoms with Crippen molar-refractivity contribution in [2.75, 3.05) is 7.11 Å². The predicted octanol–water partition coefficient (Wildman–Crippen LogP) is 0.837. The lowest BCUT2D eigenvalue weighted by molar-refractivity contribution is 0.0600. The van der Waals surface area contributed by atoms with Crippen LogP contribution < -0.4 is 0 Å². The Morgan fingerprint density at radius 3 is 2.86 bits per heavy atom. The standard InChI is InChI=1S/C10H9NO3/c1-14-10(13)8-4-2-3-7(6-12)9(8)5-11/h2-4,12H,6H2,1H3. The van der Waals surface area contributed by atoms with Crippen LogP contribution in [0.25, 0.3) is 0 Å². The second-order valence-electron chi connectivity index (χ2n) is 2.60. The van der Waals surface area contributed by atoms with Crippen molar-refractivity contribution < 1.29 is 14.6 Å². The third kappa shape index (κ3) is 1.73. The smallest absolute Gasteiger partial charge is 0.339 e. The Labute approximate surface area is 81.4 Å². The van der Waals surface area contributed by atoms with Crippen LogP contribution in [0.5, 0.6) is 0 Å². The highest BCUT2D eigenvalue weighted by Crippen LogP contribution is 2.14. The Morgan fingerprint density at radius 2 is 2.36 bits per heavy atom. The summed E-state index contributed by atoms with van der Waals surface area (Å²) in [4.78, 5) is 11.2. The number of esters is 1. The van der Waals surface area contributed by atoms with Crippen LogP contribution in [0.4, 0.5) is 0 Å². The number of hydrogen-bond donors (Lipinski definition) is 1. The number of nitriles is 1. The first kappa shape index (κ1) is 10.2. The van der Waals surface area contributed by atoms with Gasteiger partial charge in [0.2, 0.25) is 0 Å². The van der Waals surface area contributed by atoms with Gasteiger partial charge in [-0.05, 0) is 11.6 Å². The van der Waals surface area contributed by atoms with Gasteiger partial charge < -0.3 is 9.84 Å². The molecule has 0 unspecified atom stereocenters. The zero-order valence-corrected chi connectivity index (χ0v) is 7.65. The number of carbonyl (C=O) groups excluding carboxylic acids is 1. The van der Waals surface area contributed by atoms with Crippen molar-refractivity contribution in [1.82, 2.24) is 0 Å². The molecule has 0 amide bonds. The Bertz CT molecular complexity index is 393. The van der Waals surface area contributed by atoms with Crippen LogP contribution in [0, 0.1) is 11.3 Å². The summed E-state index contributed by atoms with van der Waals surface area (Å²) >= 11 is 0. The molecule has 0 spiro atoms. The van der Waals surface area contributed by atoms with E-state index in [9.17, 15) is 4.79 Å². The van der Waals surface area contributed by atoms with Crippen LogP contribution in [0.2, 0.25) is 0 Å². The minimum Gasteiger partial charge on any atom is -0.465 e. The van der Waals surface area contributed by atoms with E-state index in [1.165, 1.54) is 13.2 Å². The van der Waals surface area contributed by atoms with Gasteiger partial charge in [0.15, 0.2) is 0 Å². The van der Waals surface area contributed by atoms with Crippen LogP contribution in [0.15, 0.2) is 18.2 Å². The second-order valence-corrected chi connectivity index (χ2v) is 2.60. The first-order chi connectivity index (χ1) is 6.74. The number of nitrogens with zero attached hydrogens (tertiary/aromatic N) is 1. The van der Waals surface area contributed by atoms with E-state index in [0.717, 1.165) is 0 Å². The van der Waals surface area contributed by atoms with Crippen molar-refractivity contribution >= 4 is 5.97 Å². The molecule has 0 aromatic heterocycles. The van der Waals surface area contributed by atoms with Crippen LogP contribution in [-0.4, -0.2) is 18.2 Å². The lowest BCUT2D eigenvalue weighted by Crippen LogP contribution is -2.06. The molecule has 0 aliphatic heterocycles. The maximum absolute atomic E-state index is 11.2. The summed E-state index contributed by atoms with van der Waals surface area (Å²) in [5, 5.41) is 17.7. The molecule has 0 saturated carbocycles. The van der Waals surface area contributed by atoms with Gasteiger partial charge in [-0.25, -0.2) is 4.79 Å². The number of aliphatic hydroxyl groups excluding tert-OH is 1. The summed E-state index contributed by atoms with van der Waals surface area (Å²) in [5.74, 6) is -0.572. The van der Waals surface area contributed by atoms with E-state index in [1.54, 1.807) is 12.1 Å². The quantitative estimate of drug-likeness (QED) is 0.703. The van der Waals surface area contributed by atoms with Crippen LogP contribution in [0.3, 0.4) is 0 Å². The summed E-state index contributed by atoms with van der Waals surface area (Å²) in [6.45, 7) is -0.270. The predicted molar refractivity (Wildman–Crippen MR) is 48.4 cm³/mol. The number of methoxy groups -OCH3 is 1. The lowest BCUT2D eigenvalue weighted by Gasteiger charge is -2.04. The average molecular weight is 191 g/mol. The number of rotatable bonds is 2. The van der Waals surface area contributed by atoms with E-state index in [0.29, 0.717) is 5.56 Å². The van der Waals surface area contributed by atoms with Crippen molar-refractivity contribution in [2.24, 2.45) is 0 Å². The van der Waals surface area contributed by atoms with Crippen LogP contribution >= 0.6 is 0 Å². The maximum Gasteiger partial charge on any atom is 0.339 e. The molecule has 0 radical (unpaired) electrons. The van der Waals surface area contributed by atoms with E-state index in [2.05, 4.69) is 4.74 Å². The normalized spacial score (nSPS) is 9.21. The number of ether oxygens (including phenoxy) is 1. The van der Waals surface area contributed by atoms with Gasteiger partial charge in [0.05, 0.1) is 24.8 Å². The fourth-order valence-electron chi connectivity index (χ4n) is 1.14. The van der Waals surface area contributed by atoms with Crippen molar-refractivity contribution in [3.8, 4) is 6.07 Å². The first-order valence-electron chi connectivity index (χ1n) is 3.95. The van der Waals surface area contributed by atoms with Gasteiger partial charge in [0.25, 0.3) is 0 Å². The van der Waals surface area contributed by atoms with E-state index >= 15 is 0 Å². The van der Waals surface area contributed by atoms with E-state index in [4.69, 9.17) is 10.4 Å². The van der Waals surface area contributed by atoms with Crippen molar-refractivity contribution in [3.63, 3.8) is 0 Å². The van der Waals surface area contributed by atoms with Crippen molar-refractivity contribution in [2.45, 2.75) is 6.61 Å². The molecule has 0 aliphatic carbocycles. The summed E-state index contributed by atoms with van der Waals surface area (Å²) in [6.07, 6.45) is 0. The molecule has 14 heavy (non-hydrogen) atoms. The molecule has 4 heteroatoms. The fourth-order valence-corrected chi connectivity index (χ4v) is 1.14. The molecule has 1 aromatic rings. The maximum atomic E-state index is 11.2. The topological polar surface area (TPSA) is 70.3 Å². The molecule has 1 N–H and O–H groups in total. The molecule has 4 nitrogen and oxygen atoms in total. The molecule has 1 rings (SSSR count). The Morgan fingerprint density at radius 1 is 1.64 bits per heavy atom. The first-order valence-corrected chi connectivity index (χ1v) is 3.95. The second kappa shape index (κ2) is 4.40. The van der Waals surface area contributed by atoms with Gasteiger partial charge in [-0.15, -0.1) is 0 Å². The fraction of sp³-hybridized carbons (Fsp3) is 0.200. The summed E-state index contributed by atoms with van der Waals surface area (Å²) in [7, 11) is 1.25. The zero-order valence-electron chi connectivity index (χ0n) is 7.65. The highest BCUT2D eigenvalue weighted by Gasteiger charge is 2.13. The summed E-state index contributed by atoms with van der Waals surface area (Å²) in [6, 6.07) is 6.54. The van der Waals surface area contributed by atoms with Gasteiger partial charge in [0, 0.05) is 0 Å². The van der Waals surface area contributed by atoms with Gasteiger partial charge in [-0.3, -0.25) is 0 Å². The summed E-state index contributed by atoms with van der Waals surface area (Å²) < 4.78 is 4.51. The monoisotopic (exact) mass is 191 g/mol. The van der Waals surface area contributed by atoms with Gasteiger partial charge in [-0.1, -0.05) is 12.1 Å². The van der Waals surface area contributed by atoms with E-state index < -0.39 is 5.97 Å². The number of benzene rings is 1. The number of carbonyl (C=O) groups is 1. The summed E-state index contributed by atoms with van der Waals surface area (Å²) in [5.41, 5.74) is 0.777. The molecule has 1 aromatic carbocycles. The van der Waals surface area contributed by atoms with Gasteiger partial charge in [-0.2, -0.15) is 5.26 Å². The Hall–Kier alpha value is -1.86. The van der Waals surface area contributed by atoms with E-state index in [1.807, 2.05) is 6.07 Å². The Kier molecular flexibility index (Phi) is 3.21. The molecule has 0 heterocycles. The average Bonchev–Trinajstić information content (AvgIpc) is 2.26. The molecular formula is C10H9NO3. The van der Waals surface area contributed by atoms with Gasteiger partial charge >= 0.3 is 5.97 Å². The minimum atomic E-state index is -0.572. The highest BCUT2D eigenvalue weighted by molar-refractivity contribution is 5.92. The third-order valence-electron chi connectivity index (χ3n) is 1.84. The highest BCUT2D eigenvalue weighted by atomic mass is 16.5. The SMILES string of the molecule is COC(=O)c1cccc(CO)c1C#N. The Balaban J connectivity index is 3.31. The molecule has 0 aliphatic rings. The third-order valence-corrected chi connectivity index (χ3v) is 1.84. The molecule has 0 atom stereocenters. The molecule has 0 saturated heterocycles. The van der Waals surface area contributed by atoms with Crippen molar-refractivity contribution in [3.05, 3.63) is 34.9 Å². The van der Waals surface area contributed by atoms with E-state index in [-0.39, 0.29) is 17.7 Å². The number of aliphatic hydroxyl groups is 1. The van der Waals surface area contributed by atoms with Crippen LogP contribution in [-0.2, 0) is 11.3 Å².